The Kier molecular flexibility index (Phi) is 6.04. The summed E-state index contributed by atoms with van der Waals surface area (Å²) >= 11 is 0. The van der Waals surface area contributed by atoms with Gasteiger partial charge in [0.15, 0.2) is 11.5 Å². The van der Waals surface area contributed by atoms with Gasteiger partial charge < -0.3 is 16.5 Å². The average molecular weight is 280 g/mol. The number of nitrogens with one attached hydrogen (secondary N) is 1. The molecule has 3 rings (SSSR count). The summed E-state index contributed by atoms with van der Waals surface area (Å²) in [4.78, 5) is 28.5. The number of aromatic amines is 1. The Hall–Kier alpha value is -2.03. The SMILES string of the molecule is NC(=O)c1cccnc1.Nc1ncnc2nc[nH]c12.[Na+]. The molecule has 0 bridgehead atoms. The molecular weight excluding hydrogens is 269 g/mol. The molecule has 0 fully saturated rings. The molecule has 0 aromatic carbocycles. The Morgan fingerprint density at radius 2 is 2.05 bits per heavy atom. The molecule has 8 nitrogen and oxygen atoms in total. The molecule has 96 valence electrons. The number of hydrogen-bond acceptors (Lipinski definition) is 6. The molecule has 9 heteroatoms. The van der Waals surface area contributed by atoms with Crippen molar-refractivity contribution in [3.8, 4) is 0 Å². The van der Waals surface area contributed by atoms with Crippen LogP contribution in [0.15, 0.2) is 37.2 Å². The van der Waals surface area contributed by atoms with Crippen molar-refractivity contribution < 1.29 is 34.4 Å². The number of primary amides is 1. The van der Waals surface area contributed by atoms with Crippen molar-refractivity contribution in [2.75, 3.05) is 5.73 Å². The van der Waals surface area contributed by atoms with E-state index in [0.29, 0.717) is 22.5 Å². The molecule has 0 aliphatic carbocycles. The normalized spacial score (nSPS) is 9.20. The second kappa shape index (κ2) is 7.53. The number of fused-ring (bicyclic) bond motifs is 1. The zero-order valence-corrected chi connectivity index (χ0v) is 12.8. The first-order chi connectivity index (χ1) is 9.18. The van der Waals surface area contributed by atoms with Crippen LogP contribution in [-0.4, -0.2) is 30.8 Å². The van der Waals surface area contributed by atoms with Gasteiger partial charge in [0.25, 0.3) is 0 Å². The zero-order chi connectivity index (χ0) is 13.7. The molecule has 3 aromatic rings. The van der Waals surface area contributed by atoms with E-state index in [1.807, 2.05) is 0 Å². The van der Waals surface area contributed by atoms with Crippen molar-refractivity contribution in [3.63, 3.8) is 0 Å². The number of nitrogen functional groups attached to an aromatic ring is 1. The molecule has 0 atom stereocenters. The summed E-state index contributed by atoms with van der Waals surface area (Å²) in [5.41, 5.74) is 12.2. The van der Waals surface area contributed by atoms with Crippen LogP contribution in [0.2, 0.25) is 0 Å². The van der Waals surface area contributed by atoms with Crippen LogP contribution in [0.4, 0.5) is 5.82 Å². The third kappa shape index (κ3) is 3.98. The fourth-order valence-electron chi connectivity index (χ4n) is 1.29. The van der Waals surface area contributed by atoms with Crippen LogP contribution in [0, 0.1) is 0 Å². The van der Waals surface area contributed by atoms with Crippen molar-refractivity contribution in [1.82, 2.24) is 24.9 Å². The Morgan fingerprint density at radius 3 is 2.60 bits per heavy atom. The van der Waals surface area contributed by atoms with Gasteiger partial charge in [0.05, 0.1) is 11.9 Å². The van der Waals surface area contributed by atoms with Crippen LogP contribution < -0.4 is 41.0 Å². The predicted molar refractivity (Wildman–Crippen MR) is 68.9 cm³/mol. The van der Waals surface area contributed by atoms with Crippen LogP contribution in [0.25, 0.3) is 11.2 Å². The van der Waals surface area contributed by atoms with Crippen molar-refractivity contribution in [1.29, 1.82) is 0 Å². The number of nitrogens with two attached hydrogens (primary N) is 2. The minimum atomic E-state index is -0.442. The van der Waals surface area contributed by atoms with Crippen molar-refractivity contribution >= 4 is 22.9 Å². The molecule has 5 N–H and O–H groups in total. The topological polar surface area (TPSA) is 136 Å². The first-order valence-electron chi connectivity index (χ1n) is 5.28. The largest absolute Gasteiger partial charge is 1.00 e. The molecule has 3 aromatic heterocycles. The molecule has 0 radical (unpaired) electrons. The van der Waals surface area contributed by atoms with Crippen LogP contribution >= 0.6 is 0 Å². The fraction of sp³-hybridized carbons (Fsp3) is 0. The van der Waals surface area contributed by atoms with Gasteiger partial charge in [0.1, 0.15) is 11.8 Å². The maximum Gasteiger partial charge on any atom is 1.00 e. The monoisotopic (exact) mass is 280 g/mol. The maximum atomic E-state index is 10.4. The van der Waals surface area contributed by atoms with E-state index >= 15 is 0 Å². The number of hydrogen-bond donors (Lipinski definition) is 3. The van der Waals surface area contributed by atoms with Crippen LogP contribution in [-0.2, 0) is 0 Å². The van der Waals surface area contributed by atoms with Gasteiger partial charge in [-0.05, 0) is 12.1 Å². The number of nitrogens with zero attached hydrogens (tertiary/aromatic N) is 4. The van der Waals surface area contributed by atoms with E-state index in [2.05, 4.69) is 24.9 Å². The minimum absolute atomic E-state index is 0. The number of H-pyrrole nitrogens is 1. The molecular formula is C11H11N7NaO+. The molecule has 0 unspecified atom stereocenters. The number of carbonyl (C=O) groups excluding carboxylic acids is 1. The van der Waals surface area contributed by atoms with E-state index in [1.54, 1.807) is 18.3 Å². The number of rotatable bonds is 1. The van der Waals surface area contributed by atoms with Crippen LogP contribution in [0.1, 0.15) is 10.4 Å². The van der Waals surface area contributed by atoms with Gasteiger partial charge in [-0.3, -0.25) is 9.78 Å². The number of imidazole rings is 1. The standard InChI is InChI=1S/C6H6N2O.C5H5N5.Na/c7-6(9)5-2-1-3-8-4-5;6-4-3-5(9-1-7-3)10-2-8-4;/h1-4H,(H2,7,9);1-2H,(H3,6,7,8,9,10);/q;;+1. The van der Waals surface area contributed by atoms with Gasteiger partial charge in [-0.15, -0.1) is 0 Å². The van der Waals surface area contributed by atoms with E-state index in [0.717, 1.165) is 0 Å². The number of anilines is 1. The second-order valence-electron chi connectivity index (χ2n) is 3.47. The van der Waals surface area contributed by atoms with Gasteiger partial charge in [0.2, 0.25) is 5.91 Å². The molecule has 20 heavy (non-hydrogen) atoms. The van der Waals surface area contributed by atoms with Crippen LogP contribution in [0.5, 0.6) is 0 Å². The molecule has 1 amide bonds. The van der Waals surface area contributed by atoms with Gasteiger partial charge >= 0.3 is 29.6 Å². The fourth-order valence-corrected chi connectivity index (χ4v) is 1.29. The quantitative estimate of drug-likeness (QED) is 0.409. The number of carbonyl (C=O) groups is 1. The van der Waals surface area contributed by atoms with E-state index in [-0.39, 0.29) is 29.6 Å². The summed E-state index contributed by atoms with van der Waals surface area (Å²) in [7, 11) is 0. The summed E-state index contributed by atoms with van der Waals surface area (Å²) < 4.78 is 0. The van der Waals surface area contributed by atoms with E-state index < -0.39 is 5.91 Å². The summed E-state index contributed by atoms with van der Waals surface area (Å²) in [5, 5.41) is 0. The zero-order valence-electron chi connectivity index (χ0n) is 10.8. The van der Waals surface area contributed by atoms with Crippen molar-refractivity contribution in [3.05, 3.63) is 42.7 Å². The predicted octanol–water partition coefficient (Wildman–Crippen LogP) is -2.88. The number of aromatic nitrogens is 5. The third-order valence-electron chi connectivity index (χ3n) is 2.20. The van der Waals surface area contributed by atoms with E-state index in [4.69, 9.17) is 11.5 Å². The van der Waals surface area contributed by atoms with E-state index in [1.165, 1.54) is 18.9 Å². The molecule has 0 saturated carbocycles. The van der Waals surface area contributed by atoms with Gasteiger partial charge in [-0.2, -0.15) is 0 Å². The molecule has 3 heterocycles. The van der Waals surface area contributed by atoms with Crippen LogP contribution in [0.3, 0.4) is 0 Å². The molecule has 0 aliphatic rings. The van der Waals surface area contributed by atoms with Gasteiger partial charge in [-0.1, -0.05) is 0 Å². The van der Waals surface area contributed by atoms with Crippen molar-refractivity contribution in [2.24, 2.45) is 5.73 Å². The first kappa shape index (κ1) is 16.0. The van der Waals surface area contributed by atoms with Gasteiger partial charge in [0, 0.05) is 12.4 Å². The van der Waals surface area contributed by atoms with Crippen molar-refractivity contribution in [2.45, 2.75) is 0 Å². The summed E-state index contributed by atoms with van der Waals surface area (Å²) in [6, 6.07) is 3.29. The molecule has 0 aliphatic heterocycles. The Labute approximate surface area is 136 Å². The average Bonchev–Trinajstić information content (AvgIpc) is 2.90. The second-order valence-corrected chi connectivity index (χ2v) is 3.47. The summed E-state index contributed by atoms with van der Waals surface area (Å²) in [6.07, 6.45) is 5.95. The number of pyridine rings is 1. The Morgan fingerprint density at radius 1 is 1.25 bits per heavy atom. The summed E-state index contributed by atoms with van der Waals surface area (Å²) in [6.45, 7) is 0. The smallest absolute Gasteiger partial charge is 0.382 e. The molecule has 0 saturated heterocycles. The Bertz CT molecular complexity index is 685. The molecule has 0 spiro atoms. The number of amides is 1. The summed E-state index contributed by atoms with van der Waals surface area (Å²) in [5.74, 6) is -0.00870. The minimum Gasteiger partial charge on any atom is -0.382 e. The van der Waals surface area contributed by atoms with Gasteiger partial charge in [-0.25, -0.2) is 15.0 Å². The maximum absolute atomic E-state index is 10.4. The first-order valence-corrected chi connectivity index (χ1v) is 5.28. The Balaban J connectivity index is 0.000000192. The van der Waals surface area contributed by atoms with E-state index in [9.17, 15) is 4.79 Å². The third-order valence-corrected chi connectivity index (χ3v) is 2.20.